The van der Waals surface area contributed by atoms with Crippen LogP contribution in [0.2, 0.25) is 10.0 Å². The van der Waals surface area contributed by atoms with Crippen molar-refractivity contribution in [2.45, 2.75) is 18.7 Å². The summed E-state index contributed by atoms with van der Waals surface area (Å²) < 4.78 is 26.5. The predicted octanol–water partition coefficient (Wildman–Crippen LogP) is 3.59. The molecule has 5 nitrogen and oxygen atoms in total. The molecule has 0 aliphatic carbocycles. The fourth-order valence-electron chi connectivity index (χ4n) is 2.11. The monoisotopic (exact) mass is 355 g/mol. The normalized spacial score (nSPS) is 12.0. The minimum atomic E-state index is -3.95. The Bertz CT molecular complexity index is 997. The lowest BCUT2D eigenvalue weighted by Crippen LogP contribution is -2.15. The predicted molar refractivity (Wildman–Crippen MR) is 86.0 cm³/mol. The average Bonchev–Trinajstić information content (AvgIpc) is 2.86. The minimum absolute atomic E-state index is 0.0476. The van der Waals surface area contributed by atoms with Gasteiger partial charge in [-0.15, -0.1) is 9.19 Å². The van der Waals surface area contributed by atoms with E-state index in [1.54, 1.807) is 25.1 Å². The fraction of sp³-hybridized carbons (Fsp3) is 0.143. The van der Waals surface area contributed by atoms with Gasteiger partial charge < -0.3 is 0 Å². The van der Waals surface area contributed by atoms with E-state index in [0.29, 0.717) is 21.6 Å². The molecule has 22 heavy (non-hydrogen) atoms. The summed E-state index contributed by atoms with van der Waals surface area (Å²) in [5.74, 6) is 0. The minimum Gasteiger partial charge on any atom is -0.199 e. The number of aromatic nitrogens is 3. The van der Waals surface area contributed by atoms with Crippen LogP contribution in [0.3, 0.4) is 0 Å². The van der Waals surface area contributed by atoms with Gasteiger partial charge in [0.25, 0.3) is 10.0 Å². The maximum Gasteiger partial charge on any atom is 0.286 e. The van der Waals surface area contributed by atoms with Gasteiger partial charge in [0.15, 0.2) is 0 Å². The van der Waals surface area contributed by atoms with E-state index < -0.39 is 10.0 Å². The molecule has 0 fully saturated rings. The van der Waals surface area contributed by atoms with Crippen LogP contribution in [-0.4, -0.2) is 22.8 Å². The molecule has 1 aromatic heterocycles. The molecule has 0 atom stereocenters. The Morgan fingerprint density at radius 3 is 2.50 bits per heavy atom. The first-order valence-corrected chi connectivity index (χ1v) is 8.53. The van der Waals surface area contributed by atoms with E-state index in [1.807, 2.05) is 6.92 Å². The van der Waals surface area contributed by atoms with Crippen molar-refractivity contribution in [3.05, 3.63) is 51.5 Å². The lowest BCUT2D eigenvalue weighted by atomic mass is 10.2. The van der Waals surface area contributed by atoms with E-state index in [1.165, 1.54) is 12.1 Å². The first-order chi connectivity index (χ1) is 10.3. The van der Waals surface area contributed by atoms with Crippen molar-refractivity contribution < 1.29 is 8.42 Å². The van der Waals surface area contributed by atoms with E-state index in [9.17, 15) is 8.42 Å². The van der Waals surface area contributed by atoms with Gasteiger partial charge in [0.05, 0.1) is 5.02 Å². The summed E-state index contributed by atoms with van der Waals surface area (Å²) in [4.78, 5) is -0.0524. The molecular formula is C14H11Cl2N3O2S. The van der Waals surface area contributed by atoms with Crippen LogP contribution in [-0.2, 0) is 10.0 Å². The number of fused-ring (bicyclic) bond motifs is 1. The fourth-order valence-corrected chi connectivity index (χ4v) is 4.15. The zero-order valence-electron chi connectivity index (χ0n) is 11.7. The molecule has 0 saturated carbocycles. The zero-order valence-corrected chi connectivity index (χ0v) is 14.0. The van der Waals surface area contributed by atoms with E-state index in [0.717, 1.165) is 9.65 Å². The van der Waals surface area contributed by atoms with Gasteiger partial charge in [-0.05, 0) is 49.2 Å². The van der Waals surface area contributed by atoms with Crippen LogP contribution >= 0.6 is 23.2 Å². The molecule has 0 aliphatic rings. The summed E-state index contributed by atoms with van der Waals surface area (Å²) >= 11 is 12.0. The SMILES string of the molecule is Cc1ccc2c(c1)nnn2S(=O)(=O)c1cc(C)c(Cl)cc1Cl. The summed E-state index contributed by atoms with van der Waals surface area (Å²) in [6, 6.07) is 8.07. The van der Waals surface area contributed by atoms with E-state index in [4.69, 9.17) is 23.2 Å². The molecule has 1 heterocycles. The molecule has 0 aliphatic heterocycles. The van der Waals surface area contributed by atoms with Gasteiger partial charge in [0.1, 0.15) is 15.9 Å². The number of aryl methyl sites for hydroxylation is 2. The lowest BCUT2D eigenvalue weighted by molar-refractivity contribution is 0.579. The second-order valence-corrected chi connectivity index (χ2v) is 7.51. The highest BCUT2D eigenvalue weighted by Gasteiger charge is 2.25. The third-order valence-corrected chi connectivity index (χ3v) is 5.74. The summed E-state index contributed by atoms with van der Waals surface area (Å²) in [5.41, 5.74) is 2.49. The first kappa shape index (κ1) is 15.3. The summed E-state index contributed by atoms with van der Waals surface area (Å²) in [6.07, 6.45) is 0. The largest absolute Gasteiger partial charge is 0.286 e. The topological polar surface area (TPSA) is 64.8 Å². The molecular weight excluding hydrogens is 345 g/mol. The summed E-state index contributed by atoms with van der Waals surface area (Å²) in [7, 11) is -3.95. The van der Waals surface area contributed by atoms with Gasteiger partial charge in [-0.25, -0.2) is 0 Å². The Morgan fingerprint density at radius 1 is 1.05 bits per heavy atom. The van der Waals surface area contributed by atoms with Crippen molar-refractivity contribution in [2.75, 3.05) is 0 Å². The van der Waals surface area contributed by atoms with Crippen molar-refractivity contribution in [1.82, 2.24) is 14.4 Å². The zero-order chi connectivity index (χ0) is 16.1. The van der Waals surface area contributed by atoms with Crippen molar-refractivity contribution in [3.63, 3.8) is 0 Å². The molecule has 0 saturated heterocycles. The van der Waals surface area contributed by atoms with Gasteiger partial charge in [-0.3, -0.25) is 0 Å². The van der Waals surface area contributed by atoms with Crippen LogP contribution in [0.25, 0.3) is 11.0 Å². The standard InChI is InChI=1S/C14H11Cl2N3O2S/c1-8-3-4-13-12(5-8)17-18-19(13)22(20,21)14-6-9(2)10(15)7-11(14)16/h3-7H,1-2H3. The highest BCUT2D eigenvalue weighted by molar-refractivity contribution is 7.90. The smallest absolute Gasteiger partial charge is 0.199 e. The number of rotatable bonds is 2. The Hall–Kier alpha value is -1.63. The maximum absolute atomic E-state index is 12.8. The molecule has 0 spiro atoms. The molecule has 3 rings (SSSR count). The third-order valence-electron chi connectivity index (χ3n) is 3.29. The van der Waals surface area contributed by atoms with Crippen LogP contribution in [0.5, 0.6) is 0 Å². The quantitative estimate of drug-likeness (QED) is 0.704. The summed E-state index contributed by atoms with van der Waals surface area (Å²) in [6.45, 7) is 3.60. The Labute approximate surface area is 137 Å². The third kappa shape index (κ3) is 2.37. The Balaban J connectivity index is 2.27. The van der Waals surface area contributed by atoms with Gasteiger partial charge in [-0.1, -0.05) is 34.5 Å². The average molecular weight is 356 g/mol. The van der Waals surface area contributed by atoms with Crippen LogP contribution in [0.15, 0.2) is 35.2 Å². The first-order valence-electron chi connectivity index (χ1n) is 6.34. The Kier molecular flexibility index (Phi) is 3.63. The number of halogens is 2. The number of hydrogen-bond donors (Lipinski definition) is 0. The van der Waals surface area contributed by atoms with Gasteiger partial charge in [0, 0.05) is 5.02 Å². The van der Waals surface area contributed by atoms with Crippen molar-refractivity contribution >= 4 is 44.3 Å². The van der Waals surface area contributed by atoms with Crippen LogP contribution in [0.4, 0.5) is 0 Å². The van der Waals surface area contributed by atoms with Gasteiger partial charge in [-0.2, -0.15) is 8.42 Å². The van der Waals surface area contributed by atoms with E-state index >= 15 is 0 Å². The molecule has 0 N–H and O–H groups in total. The second kappa shape index (κ2) is 5.22. The highest BCUT2D eigenvalue weighted by atomic mass is 35.5. The summed E-state index contributed by atoms with van der Waals surface area (Å²) in [5, 5.41) is 8.12. The van der Waals surface area contributed by atoms with E-state index in [-0.39, 0.29) is 9.92 Å². The second-order valence-electron chi connectivity index (χ2n) is 4.96. The molecule has 8 heteroatoms. The van der Waals surface area contributed by atoms with Crippen LogP contribution in [0.1, 0.15) is 11.1 Å². The van der Waals surface area contributed by atoms with E-state index in [2.05, 4.69) is 10.3 Å². The van der Waals surface area contributed by atoms with Crippen molar-refractivity contribution in [3.8, 4) is 0 Å². The molecule has 114 valence electrons. The highest BCUT2D eigenvalue weighted by Crippen LogP contribution is 2.30. The number of hydrogen-bond acceptors (Lipinski definition) is 4. The van der Waals surface area contributed by atoms with Crippen molar-refractivity contribution in [2.24, 2.45) is 0 Å². The number of benzene rings is 2. The van der Waals surface area contributed by atoms with Crippen molar-refractivity contribution in [1.29, 1.82) is 0 Å². The maximum atomic E-state index is 12.8. The molecule has 0 unspecified atom stereocenters. The van der Waals surface area contributed by atoms with Gasteiger partial charge in [0.2, 0.25) is 0 Å². The lowest BCUT2D eigenvalue weighted by Gasteiger charge is -2.09. The molecule has 0 amide bonds. The molecule has 3 aromatic rings. The Morgan fingerprint density at radius 2 is 1.77 bits per heavy atom. The van der Waals surface area contributed by atoms with Gasteiger partial charge >= 0.3 is 0 Å². The molecule has 2 aromatic carbocycles. The molecule has 0 radical (unpaired) electrons. The molecule has 0 bridgehead atoms. The van der Waals surface area contributed by atoms with Crippen LogP contribution in [0, 0.1) is 13.8 Å². The number of nitrogens with zero attached hydrogens (tertiary/aromatic N) is 3. The van der Waals surface area contributed by atoms with Crippen LogP contribution < -0.4 is 0 Å².